The van der Waals surface area contributed by atoms with E-state index in [9.17, 15) is 13.9 Å². The SMILES string of the molecule is OC1CCC(NCc2ccc(Oc3cc(F)cc(F)c3)cc2)CC1. The molecule has 0 saturated heterocycles. The second kappa shape index (κ2) is 7.73. The number of ether oxygens (including phenoxy) is 1. The van der Waals surface area contributed by atoms with Gasteiger partial charge in [0.05, 0.1) is 6.10 Å². The fourth-order valence-corrected chi connectivity index (χ4v) is 2.94. The molecule has 24 heavy (non-hydrogen) atoms. The molecule has 0 radical (unpaired) electrons. The Labute approximate surface area is 140 Å². The Morgan fingerprint density at radius 1 is 0.917 bits per heavy atom. The van der Waals surface area contributed by atoms with Crippen LogP contribution in [0.15, 0.2) is 42.5 Å². The second-order valence-electron chi connectivity index (χ2n) is 6.24. The monoisotopic (exact) mass is 333 g/mol. The Hall–Kier alpha value is -1.98. The van der Waals surface area contributed by atoms with E-state index in [1.165, 1.54) is 0 Å². The van der Waals surface area contributed by atoms with Crippen LogP contribution in [0, 0.1) is 11.6 Å². The summed E-state index contributed by atoms with van der Waals surface area (Å²) in [5.74, 6) is -0.657. The smallest absolute Gasteiger partial charge is 0.133 e. The molecule has 0 aliphatic heterocycles. The molecule has 0 bridgehead atoms. The summed E-state index contributed by atoms with van der Waals surface area (Å²) in [6.07, 6.45) is 3.55. The normalized spacial score (nSPS) is 20.8. The molecule has 1 fully saturated rings. The molecule has 128 valence electrons. The van der Waals surface area contributed by atoms with Gasteiger partial charge in [0.15, 0.2) is 0 Å². The van der Waals surface area contributed by atoms with Crippen molar-refractivity contribution in [2.24, 2.45) is 0 Å². The Balaban J connectivity index is 1.53. The van der Waals surface area contributed by atoms with E-state index in [0.717, 1.165) is 56.0 Å². The van der Waals surface area contributed by atoms with E-state index in [1.54, 1.807) is 12.1 Å². The predicted molar refractivity (Wildman–Crippen MR) is 88.0 cm³/mol. The first kappa shape index (κ1) is 16.9. The number of hydrogen-bond donors (Lipinski definition) is 2. The molecule has 0 aromatic heterocycles. The van der Waals surface area contributed by atoms with Crippen molar-refractivity contribution in [3.63, 3.8) is 0 Å². The lowest BCUT2D eigenvalue weighted by Gasteiger charge is -2.26. The second-order valence-corrected chi connectivity index (χ2v) is 6.24. The van der Waals surface area contributed by atoms with E-state index in [-0.39, 0.29) is 11.9 Å². The Morgan fingerprint density at radius 2 is 1.54 bits per heavy atom. The van der Waals surface area contributed by atoms with Crippen molar-refractivity contribution in [3.8, 4) is 11.5 Å². The van der Waals surface area contributed by atoms with Crippen molar-refractivity contribution in [1.29, 1.82) is 0 Å². The maximum Gasteiger partial charge on any atom is 0.133 e. The number of hydrogen-bond acceptors (Lipinski definition) is 3. The summed E-state index contributed by atoms with van der Waals surface area (Å²) in [6.45, 7) is 0.746. The summed E-state index contributed by atoms with van der Waals surface area (Å²) in [4.78, 5) is 0. The molecule has 0 unspecified atom stereocenters. The lowest BCUT2D eigenvalue weighted by atomic mass is 9.93. The van der Waals surface area contributed by atoms with E-state index in [4.69, 9.17) is 4.74 Å². The maximum atomic E-state index is 13.2. The van der Waals surface area contributed by atoms with E-state index in [0.29, 0.717) is 11.8 Å². The average molecular weight is 333 g/mol. The molecule has 2 aromatic carbocycles. The van der Waals surface area contributed by atoms with Gasteiger partial charge in [-0.15, -0.1) is 0 Å². The zero-order chi connectivity index (χ0) is 16.9. The van der Waals surface area contributed by atoms with Crippen molar-refractivity contribution in [2.45, 2.75) is 44.4 Å². The Bertz CT molecular complexity index is 647. The Morgan fingerprint density at radius 3 is 2.17 bits per heavy atom. The van der Waals surface area contributed by atoms with Gasteiger partial charge in [0.25, 0.3) is 0 Å². The molecule has 0 spiro atoms. The van der Waals surface area contributed by atoms with Gasteiger partial charge >= 0.3 is 0 Å². The molecule has 1 saturated carbocycles. The van der Waals surface area contributed by atoms with Gasteiger partial charge < -0.3 is 15.2 Å². The number of aliphatic hydroxyl groups is 1. The minimum absolute atomic E-state index is 0.138. The molecule has 3 nitrogen and oxygen atoms in total. The topological polar surface area (TPSA) is 41.5 Å². The molecule has 1 aliphatic carbocycles. The first-order valence-corrected chi connectivity index (χ1v) is 8.23. The number of nitrogens with one attached hydrogen (secondary N) is 1. The molecular weight excluding hydrogens is 312 g/mol. The first-order chi connectivity index (χ1) is 11.6. The van der Waals surface area contributed by atoms with E-state index >= 15 is 0 Å². The molecular formula is C19H21F2NO2. The predicted octanol–water partition coefficient (Wildman–Crippen LogP) is 4.15. The first-order valence-electron chi connectivity index (χ1n) is 8.23. The van der Waals surface area contributed by atoms with Gasteiger partial charge in [0, 0.05) is 30.8 Å². The molecule has 1 aliphatic rings. The highest BCUT2D eigenvalue weighted by Crippen LogP contribution is 2.24. The third-order valence-electron chi connectivity index (χ3n) is 4.29. The fourth-order valence-electron chi connectivity index (χ4n) is 2.94. The Kier molecular flexibility index (Phi) is 5.43. The average Bonchev–Trinajstić information content (AvgIpc) is 2.55. The van der Waals surface area contributed by atoms with Crippen LogP contribution in [0.2, 0.25) is 0 Å². The van der Waals surface area contributed by atoms with Gasteiger partial charge in [-0.3, -0.25) is 0 Å². The highest BCUT2D eigenvalue weighted by molar-refractivity contribution is 5.33. The zero-order valence-corrected chi connectivity index (χ0v) is 13.3. The zero-order valence-electron chi connectivity index (χ0n) is 13.3. The molecule has 2 N–H and O–H groups in total. The van der Waals surface area contributed by atoms with Crippen LogP contribution in [0.25, 0.3) is 0 Å². The number of rotatable bonds is 5. The maximum absolute atomic E-state index is 13.2. The van der Waals surface area contributed by atoms with Crippen molar-refractivity contribution >= 4 is 0 Å². The molecule has 3 rings (SSSR count). The van der Waals surface area contributed by atoms with Gasteiger partial charge in [-0.05, 0) is 43.4 Å². The minimum Gasteiger partial charge on any atom is -0.457 e. The van der Waals surface area contributed by atoms with Gasteiger partial charge in [-0.25, -0.2) is 8.78 Å². The number of aliphatic hydroxyl groups excluding tert-OH is 1. The van der Waals surface area contributed by atoms with Gasteiger partial charge in [-0.1, -0.05) is 12.1 Å². The van der Waals surface area contributed by atoms with Crippen molar-refractivity contribution in [3.05, 3.63) is 59.7 Å². The lowest BCUT2D eigenvalue weighted by Crippen LogP contribution is -2.34. The quantitative estimate of drug-likeness (QED) is 0.864. The molecule has 0 heterocycles. The number of benzene rings is 2. The van der Waals surface area contributed by atoms with Crippen molar-refractivity contribution in [1.82, 2.24) is 5.32 Å². The molecule has 2 aromatic rings. The fraction of sp³-hybridized carbons (Fsp3) is 0.368. The standard InChI is InChI=1S/C19H21F2NO2/c20-14-9-15(21)11-19(10-14)24-18-7-1-13(2-8-18)12-22-16-3-5-17(23)6-4-16/h1-2,7-11,16-17,22-23H,3-6,12H2. The summed E-state index contributed by atoms with van der Waals surface area (Å²) in [7, 11) is 0. The van der Waals surface area contributed by atoms with Crippen molar-refractivity contribution in [2.75, 3.05) is 0 Å². The van der Waals surface area contributed by atoms with Gasteiger partial charge in [-0.2, -0.15) is 0 Å². The summed E-state index contributed by atoms with van der Waals surface area (Å²) >= 11 is 0. The van der Waals surface area contributed by atoms with Crippen LogP contribution in [-0.4, -0.2) is 17.3 Å². The van der Waals surface area contributed by atoms with E-state index < -0.39 is 11.6 Å². The summed E-state index contributed by atoms with van der Waals surface area (Å²) in [5, 5.41) is 13.0. The molecule has 0 amide bonds. The highest BCUT2D eigenvalue weighted by Gasteiger charge is 2.18. The summed E-state index contributed by atoms with van der Waals surface area (Å²) in [5.41, 5.74) is 1.11. The largest absolute Gasteiger partial charge is 0.457 e. The van der Waals surface area contributed by atoms with Crippen molar-refractivity contribution < 1.29 is 18.6 Å². The van der Waals surface area contributed by atoms with Crippen LogP contribution < -0.4 is 10.1 Å². The third-order valence-corrected chi connectivity index (χ3v) is 4.29. The third kappa shape index (κ3) is 4.76. The minimum atomic E-state index is -0.663. The van der Waals surface area contributed by atoms with E-state index in [1.807, 2.05) is 12.1 Å². The molecule has 5 heteroatoms. The van der Waals surface area contributed by atoms with Gasteiger partial charge in [0.1, 0.15) is 23.1 Å². The van der Waals surface area contributed by atoms with E-state index in [2.05, 4.69) is 5.32 Å². The van der Waals surface area contributed by atoms with Gasteiger partial charge in [0.2, 0.25) is 0 Å². The lowest BCUT2D eigenvalue weighted by molar-refractivity contribution is 0.116. The molecule has 0 atom stereocenters. The van der Waals surface area contributed by atoms with Crippen LogP contribution in [0.4, 0.5) is 8.78 Å². The highest BCUT2D eigenvalue weighted by atomic mass is 19.1. The van der Waals surface area contributed by atoms with Crippen LogP contribution in [0.3, 0.4) is 0 Å². The van der Waals surface area contributed by atoms with Crippen LogP contribution >= 0.6 is 0 Å². The summed E-state index contributed by atoms with van der Waals surface area (Å²) < 4.78 is 31.8. The van der Waals surface area contributed by atoms with Crippen LogP contribution in [-0.2, 0) is 6.54 Å². The summed E-state index contributed by atoms with van der Waals surface area (Å²) in [6, 6.07) is 11.0. The van der Waals surface area contributed by atoms with Crippen LogP contribution in [0.5, 0.6) is 11.5 Å². The van der Waals surface area contributed by atoms with Crippen LogP contribution in [0.1, 0.15) is 31.2 Å². The number of halogens is 2.